The van der Waals surface area contributed by atoms with Crippen LogP contribution in [0, 0.1) is 17.8 Å². The summed E-state index contributed by atoms with van der Waals surface area (Å²) in [4.78, 5) is 12.5. The third-order valence-corrected chi connectivity index (χ3v) is 8.95. The summed E-state index contributed by atoms with van der Waals surface area (Å²) < 4.78 is 7.60. The molecule has 33 heavy (non-hydrogen) atoms. The normalized spacial score (nSPS) is 30.8. The van der Waals surface area contributed by atoms with Gasteiger partial charge >= 0.3 is 0 Å². The molecule has 6 heteroatoms. The minimum Gasteiger partial charge on any atom is -0.379 e. The Kier molecular flexibility index (Phi) is 6.22. The van der Waals surface area contributed by atoms with Crippen molar-refractivity contribution in [2.45, 2.75) is 76.2 Å². The molecule has 6 nitrogen and oxygen atoms in total. The molecule has 0 radical (unpaired) electrons. The second kappa shape index (κ2) is 9.46. The van der Waals surface area contributed by atoms with E-state index in [4.69, 9.17) is 14.7 Å². The van der Waals surface area contributed by atoms with E-state index in [0.717, 1.165) is 68.0 Å². The van der Waals surface area contributed by atoms with Crippen molar-refractivity contribution >= 4 is 0 Å². The van der Waals surface area contributed by atoms with Crippen molar-refractivity contribution in [2.24, 2.45) is 24.8 Å². The molecule has 3 saturated carbocycles. The summed E-state index contributed by atoms with van der Waals surface area (Å²) >= 11 is 0. The van der Waals surface area contributed by atoms with Crippen LogP contribution in [0.5, 0.6) is 0 Å². The van der Waals surface area contributed by atoms with E-state index in [9.17, 15) is 0 Å². The molecule has 4 aliphatic rings. The topological polar surface area (TPSA) is 56.1 Å². The molecule has 178 valence electrons. The van der Waals surface area contributed by atoms with E-state index in [1.54, 1.807) is 0 Å². The average Bonchev–Trinajstić information content (AvgIpc) is 3.59. The van der Waals surface area contributed by atoms with Gasteiger partial charge in [-0.3, -0.25) is 9.58 Å². The zero-order chi connectivity index (χ0) is 22.2. The average molecular weight is 450 g/mol. The molecule has 2 atom stereocenters. The number of aromatic nitrogens is 4. The first-order valence-corrected chi connectivity index (χ1v) is 13.4. The molecule has 0 bridgehead atoms. The van der Waals surface area contributed by atoms with Gasteiger partial charge in [-0.2, -0.15) is 5.10 Å². The fourth-order valence-electron chi connectivity index (χ4n) is 6.52. The van der Waals surface area contributed by atoms with E-state index in [0.29, 0.717) is 5.92 Å². The van der Waals surface area contributed by atoms with Gasteiger partial charge in [-0.25, -0.2) is 9.97 Å². The Morgan fingerprint density at radius 1 is 0.970 bits per heavy atom. The lowest BCUT2D eigenvalue weighted by molar-refractivity contribution is 0.00308. The summed E-state index contributed by atoms with van der Waals surface area (Å²) in [7, 11) is 2.07. The lowest BCUT2D eigenvalue weighted by Gasteiger charge is -2.42. The van der Waals surface area contributed by atoms with Gasteiger partial charge in [0.05, 0.1) is 25.1 Å². The number of morpholine rings is 1. The summed E-state index contributed by atoms with van der Waals surface area (Å²) in [5, 5.41) is 4.56. The smallest absolute Gasteiger partial charge is 0.132 e. The third-order valence-electron chi connectivity index (χ3n) is 8.95. The first kappa shape index (κ1) is 21.7. The number of hydrogen-bond acceptors (Lipinski definition) is 5. The fourth-order valence-corrected chi connectivity index (χ4v) is 6.52. The molecule has 2 unspecified atom stereocenters. The Morgan fingerprint density at radius 2 is 1.76 bits per heavy atom. The standard InChI is InChI=1S/C27H39N5O/c1-31-26(17-20-2-3-20)24(18-29-31)25-10-11-28-27(30-25)23-9-6-21(23)16-19-4-7-22(8-5-19)32-12-14-33-15-13-32/h10-11,18-23H,2-9,12-17H2,1H3. The van der Waals surface area contributed by atoms with Crippen molar-refractivity contribution in [1.82, 2.24) is 24.6 Å². The predicted octanol–water partition coefficient (Wildman–Crippen LogP) is 4.60. The summed E-state index contributed by atoms with van der Waals surface area (Å²) in [6, 6.07) is 2.88. The number of ether oxygens (including phenoxy) is 1. The van der Waals surface area contributed by atoms with Crippen LogP contribution in [0.15, 0.2) is 18.5 Å². The van der Waals surface area contributed by atoms with Gasteiger partial charge in [0.2, 0.25) is 0 Å². The molecule has 0 aromatic carbocycles. The number of nitrogens with zero attached hydrogens (tertiary/aromatic N) is 5. The van der Waals surface area contributed by atoms with Gasteiger partial charge in [0, 0.05) is 49.6 Å². The number of rotatable bonds is 7. The molecule has 6 rings (SSSR count). The fraction of sp³-hybridized carbons (Fsp3) is 0.741. The van der Waals surface area contributed by atoms with Crippen molar-refractivity contribution in [1.29, 1.82) is 0 Å². The highest BCUT2D eigenvalue weighted by Crippen LogP contribution is 2.47. The molecule has 3 heterocycles. The Balaban J connectivity index is 1.08. The molecular formula is C27H39N5O. The lowest BCUT2D eigenvalue weighted by atomic mass is 9.67. The predicted molar refractivity (Wildman–Crippen MR) is 129 cm³/mol. The van der Waals surface area contributed by atoms with E-state index in [1.165, 1.54) is 69.0 Å². The van der Waals surface area contributed by atoms with E-state index < -0.39 is 0 Å². The van der Waals surface area contributed by atoms with Crippen LogP contribution in [0.4, 0.5) is 0 Å². The zero-order valence-corrected chi connectivity index (χ0v) is 20.2. The highest BCUT2D eigenvalue weighted by molar-refractivity contribution is 5.61. The largest absolute Gasteiger partial charge is 0.379 e. The van der Waals surface area contributed by atoms with Crippen LogP contribution in [0.3, 0.4) is 0 Å². The van der Waals surface area contributed by atoms with Gasteiger partial charge < -0.3 is 4.74 Å². The van der Waals surface area contributed by atoms with Crippen molar-refractivity contribution in [2.75, 3.05) is 26.3 Å². The minimum atomic E-state index is 0.547. The zero-order valence-electron chi connectivity index (χ0n) is 20.2. The second-order valence-electron chi connectivity index (χ2n) is 11.1. The Morgan fingerprint density at radius 3 is 2.48 bits per heavy atom. The first-order valence-electron chi connectivity index (χ1n) is 13.4. The van der Waals surface area contributed by atoms with Crippen molar-refractivity contribution in [3.8, 4) is 11.3 Å². The van der Waals surface area contributed by atoms with Crippen LogP contribution in [0.1, 0.15) is 75.2 Å². The van der Waals surface area contributed by atoms with Crippen LogP contribution in [0.25, 0.3) is 11.3 Å². The van der Waals surface area contributed by atoms with Gasteiger partial charge in [-0.05, 0) is 88.0 Å². The van der Waals surface area contributed by atoms with Crippen molar-refractivity contribution in [3.05, 3.63) is 30.0 Å². The summed E-state index contributed by atoms with van der Waals surface area (Å²) in [6.45, 7) is 4.10. The Labute approximate surface area is 198 Å². The van der Waals surface area contributed by atoms with E-state index in [-0.39, 0.29) is 0 Å². The molecule has 2 aromatic rings. The third kappa shape index (κ3) is 4.74. The highest BCUT2D eigenvalue weighted by Gasteiger charge is 2.37. The summed E-state index contributed by atoms with van der Waals surface area (Å²) in [6.07, 6.45) is 17.3. The van der Waals surface area contributed by atoms with E-state index >= 15 is 0 Å². The van der Waals surface area contributed by atoms with Crippen molar-refractivity contribution < 1.29 is 4.74 Å². The van der Waals surface area contributed by atoms with Crippen LogP contribution in [-0.2, 0) is 18.2 Å². The van der Waals surface area contributed by atoms with E-state index in [2.05, 4.69) is 27.8 Å². The molecule has 0 amide bonds. The first-order chi connectivity index (χ1) is 16.2. The van der Waals surface area contributed by atoms with Gasteiger partial charge in [-0.15, -0.1) is 0 Å². The van der Waals surface area contributed by atoms with Crippen LogP contribution >= 0.6 is 0 Å². The Bertz CT molecular complexity index is 940. The van der Waals surface area contributed by atoms with Gasteiger partial charge in [0.1, 0.15) is 5.82 Å². The second-order valence-corrected chi connectivity index (χ2v) is 11.1. The lowest BCUT2D eigenvalue weighted by Crippen LogP contribution is -2.45. The van der Waals surface area contributed by atoms with Gasteiger partial charge in [-0.1, -0.05) is 0 Å². The monoisotopic (exact) mass is 449 g/mol. The maximum absolute atomic E-state index is 5.55. The molecule has 1 aliphatic heterocycles. The van der Waals surface area contributed by atoms with Gasteiger partial charge in [0.15, 0.2) is 0 Å². The van der Waals surface area contributed by atoms with E-state index in [1.807, 2.05) is 12.4 Å². The highest BCUT2D eigenvalue weighted by atomic mass is 16.5. The van der Waals surface area contributed by atoms with Crippen LogP contribution < -0.4 is 0 Å². The van der Waals surface area contributed by atoms with Gasteiger partial charge in [0.25, 0.3) is 0 Å². The minimum absolute atomic E-state index is 0.547. The summed E-state index contributed by atoms with van der Waals surface area (Å²) in [5.74, 6) is 4.12. The molecule has 1 saturated heterocycles. The van der Waals surface area contributed by atoms with Crippen LogP contribution in [-0.4, -0.2) is 57.0 Å². The summed E-state index contributed by atoms with van der Waals surface area (Å²) in [5.41, 5.74) is 3.62. The maximum atomic E-state index is 5.55. The van der Waals surface area contributed by atoms with Crippen LogP contribution in [0.2, 0.25) is 0 Å². The molecule has 4 fully saturated rings. The maximum Gasteiger partial charge on any atom is 0.132 e. The number of hydrogen-bond donors (Lipinski definition) is 0. The Hall–Kier alpha value is -1.79. The number of aryl methyl sites for hydroxylation is 1. The molecule has 2 aromatic heterocycles. The quantitative estimate of drug-likeness (QED) is 0.618. The SMILES string of the molecule is Cn1ncc(-c2ccnc(C3CCC3CC3CCC(N4CCOCC4)CC3)n2)c1CC1CC1. The molecule has 3 aliphatic carbocycles. The molecular weight excluding hydrogens is 410 g/mol. The molecule has 0 spiro atoms. The molecule has 0 N–H and O–H groups in total. The van der Waals surface area contributed by atoms with Crippen molar-refractivity contribution in [3.63, 3.8) is 0 Å².